The molecule has 1 aliphatic rings. The molecule has 66 valence electrons. The van der Waals surface area contributed by atoms with Crippen molar-refractivity contribution < 1.29 is 13.2 Å². The van der Waals surface area contributed by atoms with Crippen LogP contribution in [-0.4, -0.2) is 18.1 Å². The van der Waals surface area contributed by atoms with E-state index in [2.05, 4.69) is 6.58 Å². The van der Waals surface area contributed by atoms with Crippen LogP contribution in [0.4, 0.5) is 13.2 Å². The maximum Gasteiger partial charge on any atom is 0.416 e. The summed E-state index contributed by atoms with van der Waals surface area (Å²) in [7, 11) is 1.64. The minimum absolute atomic E-state index is 0.338. The van der Waals surface area contributed by atoms with Crippen LogP contribution in [0, 0.1) is 0 Å². The summed E-state index contributed by atoms with van der Waals surface area (Å²) in [4.78, 5) is 1.52. The van der Waals surface area contributed by atoms with E-state index in [1.807, 2.05) is 0 Å². The molecule has 1 nitrogen and oxygen atoms in total. The summed E-state index contributed by atoms with van der Waals surface area (Å²) in [6, 6.07) is 0. The molecule has 4 heteroatoms. The van der Waals surface area contributed by atoms with Gasteiger partial charge in [0.2, 0.25) is 0 Å². The average molecular weight is 175 g/mol. The summed E-state index contributed by atoms with van der Waals surface area (Å²) < 4.78 is 36.2. The van der Waals surface area contributed by atoms with E-state index in [0.717, 1.165) is 12.2 Å². The molecule has 0 aromatic carbocycles. The number of alkyl halides is 3. The van der Waals surface area contributed by atoms with Gasteiger partial charge >= 0.3 is 6.18 Å². The van der Waals surface area contributed by atoms with Crippen molar-refractivity contribution in [2.75, 3.05) is 7.05 Å². The molecular weight excluding hydrogens is 167 g/mol. The van der Waals surface area contributed by atoms with Crippen molar-refractivity contribution in [3.63, 3.8) is 0 Å². The maximum atomic E-state index is 12.1. The van der Waals surface area contributed by atoms with Crippen LogP contribution < -0.4 is 0 Å². The Morgan fingerprint density at radius 3 is 2.42 bits per heavy atom. The Morgan fingerprint density at radius 1 is 1.42 bits per heavy atom. The molecule has 1 rings (SSSR count). The fourth-order valence-electron chi connectivity index (χ4n) is 0.794. The number of likely N-dealkylation sites (N-methyl/N-ethyl adjacent to an activating group) is 1. The summed E-state index contributed by atoms with van der Waals surface area (Å²) in [6.45, 7) is 3.46. The number of rotatable bonds is 0. The topological polar surface area (TPSA) is 3.24 Å². The van der Waals surface area contributed by atoms with Gasteiger partial charge in [-0.25, -0.2) is 0 Å². The Balaban J connectivity index is 2.91. The highest BCUT2D eigenvalue weighted by molar-refractivity contribution is 5.36. The van der Waals surface area contributed by atoms with Gasteiger partial charge in [0.05, 0.1) is 5.57 Å². The van der Waals surface area contributed by atoms with Crippen LogP contribution in [0.25, 0.3) is 0 Å². The molecule has 0 unspecified atom stereocenters. The number of halogens is 3. The lowest BCUT2D eigenvalue weighted by atomic mass is 10.1. The average Bonchev–Trinajstić information content (AvgIpc) is 1.92. The van der Waals surface area contributed by atoms with Gasteiger partial charge in [0, 0.05) is 18.9 Å². The van der Waals surface area contributed by atoms with Crippen LogP contribution in [0.5, 0.6) is 0 Å². The normalized spacial score (nSPS) is 18.2. The van der Waals surface area contributed by atoms with Crippen molar-refractivity contribution in [1.82, 2.24) is 4.90 Å². The molecule has 0 amide bonds. The molecule has 0 spiro atoms. The molecule has 1 heterocycles. The fraction of sp³-hybridized carbons (Fsp3) is 0.250. The quantitative estimate of drug-likeness (QED) is 0.546. The summed E-state index contributed by atoms with van der Waals surface area (Å²) in [5.74, 6) is 0. The van der Waals surface area contributed by atoms with Crippen LogP contribution in [-0.2, 0) is 0 Å². The molecule has 0 aromatic rings. The summed E-state index contributed by atoms with van der Waals surface area (Å²) in [5, 5.41) is 0. The molecule has 0 radical (unpaired) electrons. The summed E-state index contributed by atoms with van der Waals surface area (Å²) in [5.41, 5.74) is -0.324. The highest BCUT2D eigenvalue weighted by atomic mass is 19.4. The monoisotopic (exact) mass is 175 g/mol. The molecule has 0 N–H and O–H groups in total. The van der Waals surface area contributed by atoms with Crippen molar-refractivity contribution in [3.8, 4) is 0 Å². The SMILES string of the molecule is C=C1C=C(C(F)(F)F)C=CN1C. The smallest absolute Gasteiger partial charge is 0.352 e. The molecule has 12 heavy (non-hydrogen) atoms. The van der Waals surface area contributed by atoms with E-state index in [9.17, 15) is 13.2 Å². The second-order valence-electron chi connectivity index (χ2n) is 2.52. The number of hydrogen-bond acceptors (Lipinski definition) is 1. The van der Waals surface area contributed by atoms with E-state index >= 15 is 0 Å². The van der Waals surface area contributed by atoms with Crippen LogP contribution >= 0.6 is 0 Å². The van der Waals surface area contributed by atoms with E-state index in [1.165, 1.54) is 11.1 Å². The van der Waals surface area contributed by atoms with E-state index in [-0.39, 0.29) is 0 Å². The van der Waals surface area contributed by atoms with Gasteiger partial charge in [-0.3, -0.25) is 0 Å². The van der Waals surface area contributed by atoms with Crippen molar-refractivity contribution in [2.45, 2.75) is 6.18 Å². The number of hydrogen-bond donors (Lipinski definition) is 0. The zero-order valence-electron chi connectivity index (χ0n) is 6.52. The highest BCUT2D eigenvalue weighted by Crippen LogP contribution is 2.29. The molecule has 0 saturated carbocycles. The standard InChI is InChI=1S/C8H8F3N/c1-6-5-7(8(9,10)11)3-4-12(6)2/h3-5H,1H2,2H3. The Morgan fingerprint density at radius 2 is 2.00 bits per heavy atom. The van der Waals surface area contributed by atoms with E-state index in [4.69, 9.17) is 0 Å². The summed E-state index contributed by atoms with van der Waals surface area (Å²) in [6.07, 6.45) is -0.902. The Bertz CT molecular complexity index is 260. The van der Waals surface area contributed by atoms with Gasteiger partial charge in [-0.15, -0.1) is 0 Å². The van der Waals surface area contributed by atoms with Crippen molar-refractivity contribution in [3.05, 3.63) is 36.2 Å². The third-order valence-corrected chi connectivity index (χ3v) is 1.58. The first-order valence-corrected chi connectivity index (χ1v) is 3.30. The van der Waals surface area contributed by atoms with Gasteiger partial charge in [0.25, 0.3) is 0 Å². The van der Waals surface area contributed by atoms with Crippen molar-refractivity contribution in [2.24, 2.45) is 0 Å². The van der Waals surface area contributed by atoms with Gasteiger partial charge in [-0.2, -0.15) is 13.2 Å². The first-order chi connectivity index (χ1) is 5.41. The third kappa shape index (κ3) is 1.69. The van der Waals surface area contributed by atoms with E-state index in [1.54, 1.807) is 7.05 Å². The molecule has 0 atom stereocenters. The first-order valence-electron chi connectivity index (χ1n) is 3.30. The van der Waals surface area contributed by atoms with Gasteiger partial charge in [0.15, 0.2) is 0 Å². The van der Waals surface area contributed by atoms with E-state index in [0.29, 0.717) is 5.70 Å². The van der Waals surface area contributed by atoms with Crippen LogP contribution in [0.15, 0.2) is 36.2 Å². The summed E-state index contributed by atoms with van der Waals surface area (Å²) >= 11 is 0. The lowest BCUT2D eigenvalue weighted by Crippen LogP contribution is -2.18. The maximum absolute atomic E-state index is 12.1. The second-order valence-corrected chi connectivity index (χ2v) is 2.52. The molecule has 0 aromatic heterocycles. The lowest BCUT2D eigenvalue weighted by molar-refractivity contribution is -0.0885. The van der Waals surface area contributed by atoms with Crippen molar-refractivity contribution in [1.29, 1.82) is 0 Å². The van der Waals surface area contributed by atoms with Crippen LogP contribution in [0.1, 0.15) is 0 Å². The molecule has 1 aliphatic heterocycles. The zero-order chi connectivity index (χ0) is 9.35. The fourth-order valence-corrected chi connectivity index (χ4v) is 0.794. The largest absolute Gasteiger partial charge is 0.416 e. The van der Waals surface area contributed by atoms with Gasteiger partial charge in [0.1, 0.15) is 0 Å². The van der Waals surface area contributed by atoms with Crippen LogP contribution in [0.2, 0.25) is 0 Å². The van der Waals surface area contributed by atoms with Gasteiger partial charge in [-0.1, -0.05) is 6.58 Å². The lowest BCUT2D eigenvalue weighted by Gasteiger charge is -2.20. The second kappa shape index (κ2) is 2.69. The van der Waals surface area contributed by atoms with E-state index < -0.39 is 11.7 Å². The first kappa shape index (κ1) is 8.90. The third-order valence-electron chi connectivity index (χ3n) is 1.58. The molecule has 0 bridgehead atoms. The predicted molar refractivity (Wildman–Crippen MR) is 40.2 cm³/mol. The molecule has 0 saturated heterocycles. The predicted octanol–water partition coefficient (Wildman–Crippen LogP) is 2.45. The van der Waals surface area contributed by atoms with Gasteiger partial charge in [-0.05, 0) is 12.2 Å². The highest BCUT2D eigenvalue weighted by Gasteiger charge is 2.32. The molecule has 0 aliphatic carbocycles. The molecule has 0 fully saturated rings. The Hall–Kier alpha value is -1.19. The zero-order valence-corrected chi connectivity index (χ0v) is 6.52. The number of allylic oxidation sites excluding steroid dienone is 3. The Kier molecular flexibility index (Phi) is 2.00. The van der Waals surface area contributed by atoms with Gasteiger partial charge < -0.3 is 4.90 Å². The minimum atomic E-state index is -4.28. The Labute approximate surface area is 68.5 Å². The van der Waals surface area contributed by atoms with Crippen molar-refractivity contribution >= 4 is 0 Å². The number of nitrogens with zero attached hydrogens (tertiary/aromatic N) is 1. The minimum Gasteiger partial charge on any atom is -0.352 e. The molecular formula is C8H8F3N. The van der Waals surface area contributed by atoms with Crippen LogP contribution in [0.3, 0.4) is 0 Å².